The summed E-state index contributed by atoms with van der Waals surface area (Å²) in [6.07, 6.45) is 0. The molecule has 0 radical (unpaired) electrons. The summed E-state index contributed by atoms with van der Waals surface area (Å²) in [4.78, 5) is 0. The van der Waals surface area contributed by atoms with E-state index in [4.69, 9.17) is 10.5 Å². The van der Waals surface area contributed by atoms with E-state index >= 15 is 0 Å². The SMILES string of the molecule is Cc1cc(Oc2cc(F)c(I)cc2N)n[nH]1. The number of halogens is 2. The maximum Gasteiger partial charge on any atom is 0.238 e. The van der Waals surface area contributed by atoms with E-state index in [9.17, 15) is 4.39 Å². The molecule has 0 saturated carbocycles. The molecule has 0 fully saturated rings. The summed E-state index contributed by atoms with van der Waals surface area (Å²) in [5, 5.41) is 6.60. The van der Waals surface area contributed by atoms with Crippen molar-refractivity contribution in [1.29, 1.82) is 0 Å². The average Bonchev–Trinajstić information content (AvgIpc) is 2.60. The van der Waals surface area contributed by atoms with E-state index in [1.807, 2.05) is 29.5 Å². The van der Waals surface area contributed by atoms with Crippen molar-refractivity contribution in [2.45, 2.75) is 6.92 Å². The molecule has 84 valence electrons. The zero-order chi connectivity index (χ0) is 11.7. The van der Waals surface area contributed by atoms with Gasteiger partial charge in [-0.2, -0.15) is 0 Å². The van der Waals surface area contributed by atoms with Gasteiger partial charge in [-0.3, -0.25) is 5.10 Å². The van der Waals surface area contributed by atoms with Crippen LogP contribution in [0.15, 0.2) is 18.2 Å². The van der Waals surface area contributed by atoms with Crippen molar-refractivity contribution in [2.75, 3.05) is 5.73 Å². The van der Waals surface area contributed by atoms with Crippen LogP contribution in [0.3, 0.4) is 0 Å². The number of nitrogens with one attached hydrogen (secondary N) is 1. The standard InChI is InChI=1S/C10H9FIN3O/c1-5-2-10(15-14-5)16-9-3-6(11)7(12)4-8(9)13/h2-4H,13H2,1H3,(H,14,15). The summed E-state index contributed by atoms with van der Waals surface area (Å²) >= 11 is 1.87. The van der Waals surface area contributed by atoms with Crippen molar-refractivity contribution in [3.8, 4) is 11.6 Å². The van der Waals surface area contributed by atoms with Crippen LogP contribution in [0.5, 0.6) is 11.6 Å². The normalized spacial score (nSPS) is 10.4. The van der Waals surface area contributed by atoms with E-state index in [1.54, 1.807) is 6.07 Å². The Bertz CT molecular complexity index is 527. The van der Waals surface area contributed by atoms with Crippen molar-refractivity contribution in [2.24, 2.45) is 0 Å². The lowest BCUT2D eigenvalue weighted by Gasteiger charge is -2.06. The molecule has 0 aliphatic rings. The lowest BCUT2D eigenvalue weighted by molar-refractivity contribution is 0.458. The van der Waals surface area contributed by atoms with Crippen LogP contribution in [0.2, 0.25) is 0 Å². The summed E-state index contributed by atoms with van der Waals surface area (Å²) in [6.45, 7) is 1.84. The largest absolute Gasteiger partial charge is 0.435 e. The molecule has 0 bridgehead atoms. The smallest absolute Gasteiger partial charge is 0.238 e. The Morgan fingerprint density at radius 3 is 2.81 bits per heavy atom. The van der Waals surface area contributed by atoms with E-state index in [0.717, 1.165) is 5.69 Å². The van der Waals surface area contributed by atoms with Crippen LogP contribution in [0.25, 0.3) is 0 Å². The van der Waals surface area contributed by atoms with Crippen LogP contribution in [0.4, 0.5) is 10.1 Å². The fourth-order valence-corrected chi connectivity index (χ4v) is 1.68. The summed E-state index contributed by atoms with van der Waals surface area (Å²) in [7, 11) is 0. The molecule has 0 aliphatic heterocycles. The third-order valence-corrected chi connectivity index (χ3v) is 2.78. The number of H-pyrrole nitrogens is 1. The number of hydrogen-bond acceptors (Lipinski definition) is 3. The first-order valence-electron chi connectivity index (χ1n) is 4.50. The summed E-state index contributed by atoms with van der Waals surface area (Å²) < 4.78 is 19.1. The topological polar surface area (TPSA) is 63.9 Å². The average molecular weight is 333 g/mol. The molecule has 0 atom stereocenters. The number of anilines is 1. The molecule has 4 nitrogen and oxygen atoms in total. The maximum atomic E-state index is 13.3. The lowest BCUT2D eigenvalue weighted by atomic mass is 10.3. The second kappa shape index (κ2) is 4.28. The highest BCUT2D eigenvalue weighted by atomic mass is 127. The van der Waals surface area contributed by atoms with Crippen LogP contribution >= 0.6 is 22.6 Å². The van der Waals surface area contributed by atoms with Crippen molar-refractivity contribution in [3.63, 3.8) is 0 Å². The molecule has 0 unspecified atom stereocenters. The molecule has 16 heavy (non-hydrogen) atoms. The van der Waals surface area contributed by atoms with Gasteiger partial charge in [0.25, 0.3) is 0 Å². The van der Waals surface area contributed by atoms with Gasteiger partial charge in [-0.1, -0.05) is 0 Å². The summed E-state index contributed by atoms with van der Waals surface area (Å²) in [6, 6.07) is 4.47. The molecule has 0 amide bonds. The number of hydrogen-bond donors (Lipinski definition) is 2. The third-order valence-electron chi connectivity index (χ3n) is 1.95. The molecular weight excluding hydrogens is 324 g/mol. The zero-order valence-corrected chi connectivity index (χ0v) is 10.6. The highest BCUT2D eigenvalue weighted by molar-refractivity contribution is 14.1. The third kappa shape index (κ3) is 2.26. The Morgan fingerprint density at radius 2 is 2.19 bits per heavy atom. The second-order valence-corrected chi connectivity index (χ2v) is 4.46. The predicted octanol–water partition coefficient (Wildman–Crippen LogP) is 2.84. The minimum atomic E-state index is -0.364. The first-order valence-corrected chi connectivity index (χ1v) is 5.58. The second-order valence-electron chi connectivity index (χ2n) is 3.30. The van der Waals surface area contributed by atoms with Crippen molar-refractivity contribution in [1.82, 2.24) is 10.2 Å². The highest BCUT2D eigenvalue weighted by Crippen LogP contribution is 2.29. The van der Waals surface area contributed by atoms with Crippen molar-refractivity contribution >= 4 is 28.3 Å². The maximum absolute atomic E-state index is 13.3. The lowest BCUT2D eigenvalue weighted by Crippen LogP contribution is -1.95. The van der Waals surface area contributed by atoms with Gasteiger partial charge >= 0.3 is 0 Å². The van der Waals surface area contributed by atoms with Crippen molar-refractivity contribution < 1.29 is 9.13 Å². The number of aryl methyl sites for hydroxylation is 1. The first kappa shape index (κ1) is 11.2. The Balaban J connectivity index is 2.31. The highest BCUT2D eigenvalue weighted by Gasteiger charge is 2.09. The number of nitrogen functional groups attached to an aromatic ring is 1. The number of ether oxygens (including phenoxy) is 1. The number of aromatic nitrogens is 2. The van der Waals surface area contributed by atoms with Crippen LogP contribution in [0, 0.1) is 16.3 Å². The minimum absolute atomic E-state index is 0.268. The molecule has 0 aliphatic carbocycles. The van der Waals surface area contributed by atoms with Crippen LogP contribution in [-0.2, 0) is 0 Å². The minimum Gasteiger partial charge on any atom is -0.435 e. The van der Waals surface area contributed by atoms with E-state index in [2.05, 4.69) is 10.2 Å². The Labute approximate surface area is 105 Å². The fourth-order valence-electron chi connectivity index (χ4n) is 1.19. The Hall–Kier alpha value is -1.31. The van der Waals surface area contributed by atoms with Gasteiger partial charge in [0.05, 0.1) is 9.26 Å². The molecule has 0 saturated heterocycles. The van der Waals surface area contributed by atoms with Crippen LogP contribution < -0.4 is 10.5 Å². The number of aromatic amines is 1. The first-order chi connectivity index (χ1) is 7.56. The number of nitrogens with zero attached hydrogens (tertiary/aromatic N) is 1. The summed E-state index contributed by atoms with van der Waals surface area (Å²) in [5.74, 6) is 0.270. The van der Waals surface area contributed by atoms with Gasteiger partial charge in [0.15, 0.2) is 5.75 Å². The molecule has 0 spiro atoms. The molecule has 3 N–H and O–H groups in total. The van der Waals surface area contributed by atoms with E-state index in [1.165, 1.54) is 12.1 Å². The number of nitrogens with two attached hydrogens (primary N) is 1. The van der Waals surface area contributed by atoms with E-state index < -0.39 is 0 Å². The zero-order valence-electron chi connectivity index (χ0n) is 8.42. The molecule has 2 rings (SSSR count). The van der Waals surface area contributed by atoms with Crippen LogP contribution in [-0.4, -0.2) is 10.2 Å². The van der Waals surface area contributed by atoms with Gasteiger partial charge < -0.3 is 10.5 Å². The molecule has 1 aromatic heterocycles. The van der Waals surface area contributed by atoms with E-state index in [0.29, 0.717) is 15.1 Å². The molecule has 6 heteroatoms. The van der Waals surface area contributed by atoms with Crippen LogP contribution in [0.1, 0.15) is 5.69 Å². The fraction of sp³-hybridized carbons (Fsp3) is 0.100. The van der Waals surface area contributed by atoms with Gasteiger partial charge in [0, 0.05) is 17.8 Å². The van der Waals surface area contributed by atoms with Crippen molar-refractivity contribution in [3.05, 3.63) is 33.3 Å². The van der Waals surface area contributed by atoms with Gasteiger partial charge in [-0.25, -0.2) is 4.39 Å². The molecule has 2 aromatic rings. The molecular formula is C10H9FIN3O. The van der Waals surface area contributed by atoms with E-state index in [-0.39, 0.29) is 11.6 Å². The quantitative estimate of drug-likeness (QED) is 0.656. The monoisotopic (exact) mass is 333 g/mol. The Morgan fingerprint density at radius 1 is 1.44 bits per heavy atom. The van der Waals surface area contributed by atoms with Gasteiger partial charge in [-0.05, 0) is 35.6 Å². The number of rotatable bonds is 2. The molecule has 1 heterocycles. The summed E-state index contributed by atoms with van der Waals surface area (Å²) in [5.41, 5.74) is 6.95. The molecule has 1 aromatic carbocycles. The van der Waals surface area contributed by atoms with Gasteiger partial charge in [0.2, 0.25) is 5.88 Å². The Kier molecular flexibility index (Phi) is 2.99. The number of benzene rings is 1. The predicted molar refractivity (Wildman–Crippen MR) is 66.9 cm³/mol. The van der Waals surface area contributed by atoms with Gasteiger partial charge in [0.1, 0.15) is 5.82 Å². The van der Waals surface area contributed by atoms with Gasteiger partial charge in [-0.15, -0.1) is 5.10 Å².